The molecule has 0 bridgehead atoms. The van der Waals surface area contributed by atoms with Crippen molar-refractivity contribution in [2.24, 2.45) is 11.7 Å². The van der Waals surface area contributed by atoms with Gasteiger partial charge in [0.05, 0.1) is 18.3 Å². The Morgan fingerprint density at radius 1 is 1.14 bits per heavy atom. The zero-order chi connectivity index (χ0) is 26.7. The molecule has 0 spiro atoms. The van der Waals surface area contributed by atoms with Gasteiger partial charge in [-0.2, -0.15) is 0 Å². The van der Waals surface area contributed by atoms with Gasteiger partial charge in [0.1, 0.15) is 29.6 Å². The number of aliphatic hydroxyl groups is 2. The predicted octanol–water partition coefficient (Wildman–Crippen LogP) is 3.56. The van der Waals surface area contributed by atoms with Gasteiger partial charge in [-0.05, 0) is 66.1 Å². The second-order valence-corrected chi connectivity index (χ2v) is 9.31. The van der Waals surface area contributed by atoms with Gasteiger partial charge in [0.15, 0.2) is 17.3 Å². The average Bonchev–Trinajstić information content (AvgIpc) is 2.88. The molecular formula is C27H28F3N3O4. The van der Waals surface area contributed by atoms with E-state index in [0.29, 0.717) is 18.4 Å². The molecule has 196 valence electrons. The summed E-state index contributed by atoms with van der Waals surface area (Å²) in [6, 6.07) is 5.44. The molecule has 2 aromatic heterocycles. The Hall–Kier alpha value is -3.34. The summed E-state index contributed by atoms with van der Waals surface area (Å²) in [6.07, 6.45) is 3.71. The Morgan fingerprint density at radius 2 is 1.89 bits per heavy atom. The largest absolute Gasteiger partial charge is 0.488 e. The Kier molecular flexibility index (Phi) is 8.21. The first-order valence-electron chi connectivity index (χ1n) is 12.0. The fourth-order valence-electron chi connectivity index (χ4n) is 4.87. The molecule has 1 saturated carbocycles. The second kappa shape index (κ2) is 11.4. The minimum absolute atomic E-state index is 0.0146. The number of carbonyl (C=O) groups excluding carboxylic acids is 1. The van der Waals surface area contributed by atoms with E-state index in [1.807, 2.05) is 13.0 Å². The number of nitrogens with two attached hydrogens (primary N) is 1. The number of nitrogens with zero attached hydrogens (tertiary/aromatic N) is 2. The Balaban J connectivity index is 1.64. The molecule has 37 heavy (non-hydrogen) atoms. The van der Waals surface area contributed by atoms with Crippen LogP contribution in [0.15, 0.2) is 42.7 Å². The molecule has 2 heterocycles. The highest BCUT2D eigenvalue weighted by Gasteiger charge is 2.34. The minimum atomic E-state index is -1.19. The molecule has 0 amide bonds. The van der Waals surface area contributed by atoms with E-state index in [1.165, 1.54) is 0 Å². The van der Waals surface area contributed by atoms with Crippen LogP contribution in [0.3, 0.4) is 0 Å². The molecule has 1 fully saturated rings. The number of halogens is 3. The number of aromatic nitrogens is 2. The first-order chi connectivity index (χ1) is 17.7. The van der Waals surface area contributed by atoms with E-state index in [2.05, 4.69) is 9.97 Å². The van der Waals surface area contributed by atoms with Crippen LogP contribution in [-0.2, 0) is 6.42 Å². The smallest absolute Gasteiger partial charge is 0.185 e. The van der Waals surface area contributed by atoms with E-state index in [9.17, 15) is 23.1 Å². The summed E-state index contributed by atoms with van der Waals surface area (Å²) in [7, 11) is 0. The summed E-state index contributed by atoms with van der Waals surface area (Å²) in [4.78, 5) is 21.3. The van der Waals surface area contributed by atoms with Crippen LogP contribution in [0.5, 0.6) is 5.75 Å². The van der Waals surface area contributed by atoms with Crippen LogP contribution in [-0.4, -0.2) is 51.3 Å². The van der Waals surface area contributed by atoms with E-state index >= 15 is 0 Å². The van der Waals surface area contributed by atoms with Crippen molar-refractivity contribution >= 4 is 5.78 Å². The van der Waals surface area contributed by atoms with Crippen molar-refractivity contribution in [3.63, 3.8) is 0 Å². The lowest BCUT2D eigenvalue weighted by molar-refractivity contribution is 0.0519. The molecule has 0 aliphatic heterocycles. The molecule has 0 unspecified atom stereocenters. The Labute approximate surface area is 212 Å². The number of rotatable bonds is 8. The average molecular weight is 516 g/mol. The number of carbonyl (C=O) groups is 1. The molecule has 4 rings (SSSR count). The molecule has 10 heteroatoms. The first kappa shape index (κ1) is 26.7. The van der Waals surface area contributed by atoms with Crippen molar-refractivity contribution in [1.82, 2.24) is 9.97 Å². The zero-order valence-electron chi connectivity index (χ0n) is 20.2. The molecule has 4 N–H and O–H groups in total. The fraction of sp³-hybridized carbons (Fsp3) is 0.370. The lowest BCUT2D eigenvalue weighted by Crippen LogP contribution is -2.44. The molecule has 0 saturated heterocycles. The van der Waals surface area contributed by atoms with Crippen LogP contribution < -0.4 is 10.5 Å². The monoisotopic (exact) mass is 515 g/mol. The summed E-state index contributed by atoms with van der Waals surface area (Å²) in [5, 5.41) is 19.1. The first-order valence-corrected chi connectivity index (χ1v) is 12.0. The van der Waals surface area contributed by atoms with Gasteiger partial charge in [0, 0.05) is 24.9 Å². The number of Topliss-reactive ketones (excluding diaryl/α,β-unsaturated/α-hetero) is 1. The van der Waals surface area contributed by atoms with Crippen LogP contribution in [0.25, 0.3) is 11.3 Å². The summed E-state index contributed by atoms with van der Waals surface area (Å²) in [6.45, 7) is 1.29. The number of hydrogen-bond donors (Lipinski definition) is 3. The SMILES string of the molecule is C[C@H]1C[C@@H](c2ccncc2CC(=O)c2ccc(F)c(-c3c(F)ccc(OCCO)c3F)n2)C[C@@H](N)[C@@H]1O. The normalized spacial score (nSPS) is 21.6. The topological polar surface area (TPSA) is 119 Å². The van der Waals surface area contributed by atoms with Gasteiger partial charge in [-0.3, -0.25) is 9.78 Å². The van der Waals surface area contributed by atoms with E-state index in [4.69, 9.17) is 15.6 Å². The van der Waals surface area contributed by atoms with E-state index < -0.39 is 53.2 Å². The van der Waals surface area contributed by atoms with Gasteiger partial charge in [0.25, 0.3) is 0 Å². The van der Waals surface area contributed by atoms with Crippen LogP contribution in [0, 0.1) is 23.4 Å². The van der Waals surface area contributed by atoms with E-state index in [1.54, 1.807) is 12.4 Å². The van der Waals surface area contributed by atoms with E-state index in [-0.39, 0.29) is 36.3 Å². The molecule has 1 aliphatic rings. The molecule has 1 aliphatic carbocycles. The number of hydrogen-bond acceptors (Lipinski definition) is 7. The molecular weight excluding hydrogens is 487 g/mol. The van der Waals surface area contributed by atoms with Gasteiger partial charge >= 0.3 is 0 Å². The van der Waals surface area contributed by atoms with Gasteiger partial charge < -0.3 is 20.7 Å². The number of benzene rings is 1. The lowest BCUT2D eigenvalue weighted by Gasteiger charge is -2.36. The zero-order valence-corrected chi connectivity index (χ0v) is 20.2. The third kappa shape index (κ3) is 5.66. The summed E-state index contributed by atoms with van der Waals surface area (Å²) < 4.78 is 49.3. The third-order valence-electron chi connectivity index (χ3n) is 6.74. The molecule has 7 nitrogen and oxygen atoms in total. The molecule has 0 radical (unpaired) electrons. The third-order valence-corrected chi connectivity index (χ3v) is 6.74. The number of aliphatic hydroxyl groups excluding tert-OH is 2. The highest BCUT2D eigenvalue weighted by atomic mass is 19.1. The van der Waals surface area contributed by atoms with Crippen LogP contribution in [0.4, 0.5) is 13.2 Å². The lowest BCUT2D eigenvalue weighted by atomic mass is 9.74. The quantitative estimate of drug-likeness (QED) is 0.393. The van der Waals surface area contributed by atoms with Gasteiger partial charge in [-0.25, -0.2) is 18.2 Å². The standard InChI is InChI=1S/C27H28F3N3O4/c1-14-10-15(11-20(31)27(14)36)17-6-7-32-13-16(17)12-22(35)21-4-2-19(29)26(33-21)24-18(28)3-5-23(25(24)30)37-9-8-34/h2-7,13-15,20,27,34,36H,8-12,31H2,1H3/t14-,15+,20+,27+/m0/s1. The number of pyridine rings is 2. The van der Waals surface area contributed by atoms with Crippen molar-refractivity contribution < 1.29 is 32.9 Å². The molecule has 4 atom stereocenters. The summed E-state index contributed by atoms with van der Waals surface area (Å²) in [5.41, 5.74) is 6.04. The van der Waals surface area contributed by atoms with Crippen LogP contribution in [0.2, 0.25) is 0 Å². The van der Waals surface area contributed by atoms with Crippen molar-refractivity contribution in [2.45, 2.75) is 44.2 Å². The van der Waals surface area contributed by atoms with Gasteiger partial charge in [0.2, 0.25) is 0 Å². The van der Waals surface area contributed by atoms with Crippen molar-refractivity contribution in [2.75, 3.05) is 13.2 Å². The second-order valence-electron chi connectivity index (χ2n) is 9.31. The predicted molar refractivity (Wildman–Crippen MR) is 130 cm³/mol. The highest BCUT2D eigenvalue weighted by Crippen LogP contribution is 2.37. The van der Waals surface area contributed by atoms with Gasteiger partial charge in [-0.15, -0.1) is 0 Å². The molecule has 1 aromatic carbocycles. The number of ketones is 1. The van der Waals surface area contributed by atoms with Gasteiger partial charge in [-0.1, -0.05) is 6.92 Å². The maximum atomic E-state index is 15.0. The Morgan fingerprint density at radius 3 is 2.62 bits per heavy atom. The van der Waals surface area contributed by atoms with Crippen LogP contribution in [0.1, 0.15) is 47.3 Å². The van der Waals surface area contributed by atoms with Crippen molar-refractivity contribution in [3.05, 3.63) is 77.0 Å². The fourth-order valence-corrected chi connectivity index (χ4v) is 4.87. The summed E-state index contributed by atoms with van der Waals surface area (Å²) in [5.74, 6) is -4.16. The maximum Gasteiger partial charge on any atom is 0.185 e. The number of ether oxygens (including phenoxy) is 1. The van der Waals surface area contributed by atoms with Crippen LogP contribution >= 0.6 is 0 Å². The highest BCUT2D eigenvalue weighted by molar-refractivity contribution is 5.96. The molecule has 3 aromatic rings. The van der Waals surface area contributed by atoms with Crippen molar-refractivity contribution in [3.8, 4) is 17.0 Å². The van der Waals surface area contributed by atoms with E-state index in [0.717, 1.165) is 29.8 Å². The van der Waals surface area contributed by atoms with Crippen molar-refractivity contribution in [1.29, 1.82) is 0 Å². The maximum absolute atomic E-state index is 15.0. The Bertz CT molecular complexity index is 1280. The minimum Gasteiger partial charge on any atom is -0.488 e. The summed E-state index contributed by atoms with van der Waals surface area (Å²) >= 11 is 0.